The Morgan fingerprint density at radius 3 is 2.53 bits per heavy atom. The standard InChI is InChI=1S/C11H24N2OS/c1-5-10(7-12)6-11(14)13(3)9(2)8-15-4/h9-10H,5-8,12H2,1-4H3. The van der Waals surface area contributed by atoms with Gasteiger partial charge in [0.15, 0.2) is 0 Å². The molecule has 0 radical (unpaired) electrons. The molecule has 2 atom stereocenters. The van der Waals surface area contributed by atoms with E-state index in [1.54, 1.807) is 11.8 Å². The zero-order valence-corrected chi connectivity index (χ0v) is 11.1. The minimum atomic E-state index is 0.217. The van der Waals surface area contributed by atoms with E-state index in [0.29, 0.717) is 24.9 Å². The Labute approximate surface area is 97.8 Å². The van der Waals surface area contributed by atoms with Crippen LogP contribution < -0.4 is 5.73 Å². The minimum Gasteiger partial charge on any atom is -0.342 e. The summed E-state index contributed by atoms with van der Waals surface area (Å²) in [5.41, 5.74) is 5.59. The van der Waals surface area contributed by atoms with E-state index >= 15 is 0 Å². The summed E-state index contributed by atoms with van der Waals surface area (Å²) in [7, 11) is 1.88. The van der Waals surface area contributed by atoms with E-state index < -0.39 is 0 Å². The van der Waals surface area contributed by atoms with E-state index in [1.807, 2.05) is 11.9 Å². The largest absolute Gasteiger partial charge is 0.342 e. The Balaban J connectivity index is 4.07. The van der Waals surface area contributed by atoms with Crippen LogP contribution in [0.15, 0.2) is 0 Å². The molecule has 90 valence electrons. The highest BCUT2D eigenvalue weighted by molar-refractivity contribution is 7.98. The molecule has 0 aromatic rings. The molecular formula is C11H24N2OS. The maximum atomic E-state index is 11.8. The van der Waals surface area contributed by atoms with Crippen LogP contribution >= 0.6 is 11.8 Å². The molecule has 0 fully saturated rings. The van der Waals surface area contributed by atoms with Gasteiger partial charge >= 0.3 is 0 Å². The maximum Gasteiger partial charge on any atom is 0.222 e. The Bertz CT molecular complexity index is 183. The third kappa shape index (κ3) is 5.42. The van der Waals surface area contributed by atoms with E-state index in [4.69, 9.17) is 5.73 Å². The summed E-state index contributed by atoms with van der Waals surface area (Å²) in [5.74, 6) is 1.54. The molecule has 3 nitrogen and oxygen atoms in total. The topological polar surface area (TPSA) is 46.3 Å². The predicted molar refractivity (Wildman–Crippen MR) is 68.1 cm³/mol. The Morgan fingerprint density at radius 2 is 2.13 bits per heavy atom. The van der Waals surface area contributed by atoms with E-state index in [1.165, 1.54) is 0 Å². The first-order chi connectivity index (χ1) is 7.06. The van der Waals surface area contributed by atoms with Crippen molar-refractivity contribution in [2.45, 2.75) is 32.7 Å². The van der Waals surface area contributed by atoms with Crippen LogP contribution in [0.4, 0.5) is 0 Å². The van der Waals surface area contributed by atoms with Crippen molar-refractivity contribution in [3.05, 3.63) is 0 Å². The van der Waals surface area contributed by atoms with Crippen molar-refractivity contribution in [1.29, 1.82) is 0 Å². The lowest BCUT2D eigenvalue weighted by Gasteiger charge is -2.26. The first-order valence-corrected chi connectivity index (χ1v) is 6.90. The summed E-state index contributed by atoms with van der Waals surface area (Å²) in [6, 6.07) is 0.308. The summed E-state index contributed by atoms with van der Waals surface area (Å²) < 4.78 is 0. The minimum absolute atomic E-state index is 0.217. The van der Waals surface area contributed by atoms with Crippen LogP contribution in [0.25, 0.3) is 0 Å². The summed E-state index contributed by atoms with van der Waals surface area (Å²) >= 11 is 1.77. The molecule has 0 saturated carbocycles. The van der Waals surface area contributed by atoms with Crippen molar-refractivity contribution in [2.24, 2.45) is 11.7 Å². The molecule has 0 saturated heterocycles. The van der Waals surface area contributed by atoms with Crippen LogP contribution in [0.3, 0.4) is 0 Å². The van der Waals surface area contributed by atoms with Gasteiger partial charge in [0.05, 0.1) is 0 Å². The average molecular weight is 232 g/mol. The molecule has 0 spiro atoms. The number of thioether (sulfide) groups is 1. The Morgan fingerprint density at radius 1 is 1.53 bits per heavy atom. The molecule has 0 rings (SSSR count). The third-order valence-corrected chi connectivity index (χ3v) is 3.65. The van der Waals surface area contributed by atoms with Gasteiger partial charge in [-0.25, -0.2) is 0 Å². The highest BCUT2D eigenvalue weighted by Crippen LogP contribution is 2.11. The van der Waals surface area contributed by atoms with Crippen LogP contribution in [-0.2, 0) is 4.79 Å². The number of hydrogen-bond acceptors (Lipinski definition) is 3. The van der Waals surface area contributed by atoms with Crippen molar-refractivity contribution in [1.82, 2.24) is 4.90 Å². The number of nitrogens with zero attached hydrogens (tertiary/aromatic N) is 1. The third-order valence-electron chi connectivity index (χ3n) is 2.84. The van der Waals surface area contributed by atoms with E-state index in [2.05, 4.69) is 20.1 Å². The molecule has 0 bridgehead atoms. The zero-order chi connectivity index (χ0) is 11.8. The summed E-state index contributed by atoms with van der Waals surface area (Å²) in [6.45, 7) is 4.76. The number of hydrogen-bond donors (Lipinski definition) is 1. The molecule has 15 heavy (non-hydrogen) atoms. The molecule has 0 aromatic heterocycles. The fraction of sp³-hybridized carbons (Fsp3) is 0.909. The van der Waals surface area contributed by atoms with Crippen LogP contribution in [-0.4, -0.2) is 42.4 Å². The molecule has 4 heteroatoms. The van der Waals surface area contributed by atoms with Crippen molar-refractivity contribution in [3.63, 3.8) is 0 Å². The maximum absolute atomic E-state index is 11.8. The quantitative estimate of drug-likeness (QED) is 0.725. The van der Waals surface area contributed by atoms with Gasteiger partial charge in [0.2, 0.25) is 5.91 Å². The summed E-state index contributed by atoms with van der Waals surface area (Å²) in [4.78, 5) is 13.7. The lowest BCUT2D eigenvalue weighted by atomic mass is 10.0. The van der Waals surface area contributed by atoms with Crippen LogP contribution in [0.1, 0.15) is 26.7 Å². The lowest BCUT2D eigenvalue weighted by molar-refractivity contribution is -0.132. The van der Waals surface area contributed by atoms with Crippen molar-refractivity contribution >= 4 is 17.7 Å². The average Bonchev–Trinajstić information content (AvgIpc) is 2.24. The van der Waals surface area contributed by atoms with E-state index in [-0.39, 0.29) is 5.91 Å². The fourth-order valence-electron chi connectivity index (χ4n) is 1.38. The van der Waals surface area contributed by atoms with Crippen molar-refractivity contribution in [2.75, 3.05) is 25.6 Å². The molecule has 0 aliphatic carbocycles. The molecule has 0 aliphatic heterocycles. The number of amides is 1. The molecule has 0 heterocycles. The van der Waals surface area contributed by atoms with Gasteiger partial charge in [-0.15, -0.1) is 0 Å². The van der Waals surface area contributed by atoms with Crippen LogP contribution in [0.2, 0.25) is 0 Å². The first-order valence-electron chi connectivity index (χ1n) is 5.51. The first kappa shape index (κ1) is 14.8. The number of nitrogens with two attached hydrogens (primary N) is 1. The molecule has 2 unspecified atom stereocenters. The highest BCUT2D eigenvalue weighted by atomic mass is 32.2. The Hall–Kier alpha value is -0.220. The number of carbonyl (C=O) groups is 1. The second kappa shape index (κ2) is 7.99. The SMILES string of the molecule is CCC(CN)CC(=O)N(C)C(C)CSC. The fourth-order valence-corrected chi connectivity index (χ4v) is 2.09. The van der Waals surface area contributed by atoms with Gasteiger partial charge in [-0.2, -0.15) is 11.8 Å². The number of rotatable bonds is 7. The van der Waals surface area contributed by atoms with E-state index in [9.17, 15) is 4.79 Å². The van der Waals surface area contributed by atoms with Gasteiger partial charge in [0, 0.05) is 25.3 Å². The zero-order valence-electron chi connectivity index (χ0n) is 10.3. The molecule has 2 N–H and O–H groups in total. The van der Waals surface area contributed by atoms with Crippen molar-refractivity contribution < 1.29 is 4.79 Å². The van der Waals surface area contributed by atoms with Gasteiger partial charge in [0.1, 0.15) is 0 Å². The van der Waals surface area contributed by atoms with Crippen LogP contribution in [0.5, 0.6) is 0 Å². The number of carbonyl (C=O) groups excluding carboxylic acids is 1. The van der Waals surface area contributed by atoms with Crippen molar-refractivity contribution in [3.8, 4) is 0 Å². The normalized spacial score (nSPS) is 14.7. The smallest absolute Gasteiger partial charge is 0.222 e. The van der Waals surface area contributed by atoms with Gasteiger partial charge in [0.25, 0.3) is 0 Å². The molecule has 0 aromatic carbocycles. The highest BCUT2D eigenvalue weighted by Gasteiger charge is 2.18. The second-order valence-corrected chi connectivity index (χ2v) is 4.93. The van der Waals surface area contributed by atoms with E-state index in [0.717, 1.165) is 12.2 Å². The Kier molecular flexibility index (Phi) is 7.88. The second-order valence-electron chi connectivity index (χ2n) is 4.02. The molecule has 0 aliphatic rings. The van der Waals surface area contributed by atoms with Crippen LogP contribution in [0, 0.1) is 5.92 Å². The van der Waals surface area contributed by atoms with Gasteiger partial charge < -0.3 is 10.6 Å². The monoisotopic (exact) mass is 232 g/mol. The van der Waals surface area contributed by atoms with Gasteiger partial charge in [-0.3, -0.25) is 4.79 Å². The lowest BCUT2D eigenvalue weighted by Crippen LogP contribution is -2.38. The molecular weight excluding hydrogens is 208 g/mol. The van der Waals surface area contributed by atoms with Gasteiger partial charge in [-0.05, 0) is 25.6 Å². The predicted octanol–water partition coefficient (Wildman–Crippen LogP) is 1.57. The summed E-state index contributed by atoms with van der Waals surface area (Å²) in [5, 5.41) is 0. The molecule has 1 amide bonds. The van der Waals surface area contributed by atoms with Gasteiger partial charge in [-0.1, -0.05) is 13.3 Å². The summed E-state index contributed by atoms with van der Waals surface area (Å²) in [6.07, 6.45) is 3.62.